The Morgan fingerprint density at radius 2 is 1.81 bits per heavy atom. The molecule has 6 heteroatoms. The molecule has 1 N–H and O–H groups in total. The first-order chi connectivity index (χ1) is 7.61. The molecule has 0 amide bonds. The highest BCUT2D eigenvalue weighted by Crippen LogP contribution is 2.09. The molecule has 0 radical (unpaired) electrons. The third kappa shape index (κ3) is 6.69. The highest BCUT2D eigenvalue weighted by molar-refractivity contribution is 6.37. The second kappa shape index (κ2) is 8.58. The normalized spacial score (nSPS) is 17.0. The molecule has 90 valence electrons. The van der Waals surface area contributed by atoms with E-state index in [2.05, 4.69) is 15.1 Å². The summed E-state index contributed by atoms with van der Waals surface area (Å²) >= 11 is 0. The summed E-state index contributed by atoms with van der Waals surface area (Å²) < 4.78 is 0. The predicted octanol–water partition coefficient (Wildman–Crippen LogP) is 1.17. The van der Waals surface area contributed by atoms with Crippen molar-refractivity contribution in [2.24, 2.45) is 10.3 Å². The van der Waals surface area contributed by atoms with Crippen molar-refractivity contribution in [1.29, 1.82) is 0 Å². The third-order valence-corrected chi connectivity index (χ3v) is 1.85. The van der Waals surface area contributed by atoms with E-state index in [1.54, 1.807) is 6.92 Å². The van der Waals surface area contributed by atoms with E-state index in [4.69, 9.17) is 5.21 Å². The number of hydrogen-bond acceptors (Lipinski definition) is 6. The zero-order chi connectivity index (χ0) is 12.4. The van der Waals surface area contributed by atoms with E-state index in [1.165, 1.54) is 13.3 Å². The van der Waals surface area contributed by atoms with Crippen LogP contribution in [0.4, 0.5) is 0 Å². The molecule has 6 nitrogen and oxygen atoms in total. The Morgan fingerprint density at radius 1 is 1.31 bits per heavy atom. The lowest BCUT2D eigenvalue weighted by Gasteiger charge is -2.04. The predicted molar refractivity (Wildman–Crippen MR) is 58.9 cm³/mol. The maximum Gasteiger partial charge on any atom is 0.198 e. The van der Waals surface area contributed by atoms with Gasteiger partial charge in [0.1, 0.15) is 7.11 Å². The first kappa shape index (κ1) is 14.3. The van der Waals surface area contributed by atoms with E-state index >= 15 is 0 Å². The van der Waals surface area contributed by atoms with E-state index in [1.807, 2.05) is 0 Å². The average Bonchev–Trinajstić information content (AvgIpc) is 2.24. The first-order valence-electron chi connectivity index (χ1n) is 4.93. The summed E-state index contributed by atoms with van der Waals surface area (Å²) in [5.41, 5.74) is 0.523. The lowest BCUT2D eigenvalue weighted by Crippen LogP contribution is -2.17. The van der Waals surface area contributed by atoms with E-state index in [0.717, 1.165) is 12.8 Å². The van der Waals surface area contributed by atoms with Crippen molar-refractivity contribution in [2.45, 2.75) is 32.6 Å². The number of carbonyl (C=O) groups is 2. The maximum atomic E-state index is 10.4. The van der Waals surface area contributed by atoms with E-state index < -0.39 is 0 Å². The van der Waals surface area contributed by atoms with E-state index in [0.29, 0.717) is 18.6 Å². The van der Waals surface area contributed by atoms with Crippen LogP contribution in [0, 0.1) is 0 Å². The molecule has 0 bridgehead atoms. The quantitative estimate of drug-likeness (QED) is 0.332. The summed E-state index contributed by atoms with van der Waals surface area (Å²) in [4.78, 5) is 25.2. The molecule has 1 rings (SSSR count). The van der Waals surface area contributed by atoms with Crippen LogP contribution in [0.5, 0.6) is 0 Å². The minimum atomic E-state index is -0.170. The van der Waals surface area contributed by atoms with Crippen LogP contribution in [0.3, 0.4) is 0 Å². The highest BCUT2D eigenvalue weighted by Gasteiger charge is 2.16. The van der Waals surface area contributed by atoms with Gasteiger partial charge in [0.25, 0.3) is 0 Å². The van der Waals surface area contributed by atoms with E-state index in [-0.39, 0.29) is 11.6 Å². The summed E-state index contributed by atoms with van der Waals surface area (Å²) in [7, 11) is 1.43. The summed E-state index contributed by atoms with van der Waals surface area (Å²) in [6, 6.07) is 0. The molecule has 0 saturated heterocycles. The first-order valence-corrected chi connectivity index (χ1v) is 4.93. The fourth-order valence-electron chi connectivity index (χ4n) is 1.10. The minimum absolute atomic E-state index is 0.170. The lowest BCUT2D eigenvalue weighted by atomic mass is 9.98. The van der Waals surface area contributed by atoms with Crippen LogP contribution in [-0.4, -0.2) is 35.8 Å². The van der Waals surface area contributed by atoms with Gasteiger partial charge in [0.2, 0.25) is 0 Å². The Labute approximate surface area is 94.0 Å². The fourth-order valence-corrected chi connectivity index (χ4v) is 1.10. The van der Waals surface area contributed by atoms with Gasteiger partial charge in [-0.2, -0.15) is 0 Å². The standard InChI is InChI=1S/C6H8O2.C4H8N2O2/c7-5-3-1-2-4-6(5)8;1-4(3-5-7)6-8-2/h1-4H2;3,7H,1-2H3. The van der Waals surface area contributed by atoms with E-state index in [9.17, 15) is 9.59 Å². The van der Waals surface area contributed by atoms with Crippen molar-refractivity contribution in [2.75, 3.05) is 7.11 Å². The Bertz CT molecular complexity index is 281. The zero-order valence-corrected chi connectivity index (χ0v) is 9.47. The van der Waals surface area contributed by atoms with Crippen LogP contribution in [0.25, 0.3) is 0 Å². The van der Waals surface area contributed by atoms with Gasteiger partial charge in [-0.1, -0.05) is 10.3 Å². The molecule has 0 unspecified atom stereocenters. The number of ketones is 2. The molecule has 1 fully saturated rings. The smallest absolute Gasteiger partial charge is 0.198 e. The van der Waals surface area contributed by atoms with Crippen molar-refractivity contribution in [3.8, 4) is 0 Å². The van der Waals surface area contributed by atoms with Crippen LogP contribution in [0.1, 0.15) is 32.6 Å². The molecule has 0 heterocycles. The second-order valence-electron chi connectivity index (χ2n) is 3.21. The summed E-state index contributed by atoms with van der Waals surface area (Å²) in [5.74, 6) is -0.340. The lowest BCUT2D eigenvalue weighted by molar-refractivity contribution is -0.137. The molecule has 0 aromatic heterocycles. The number of carbonyl (C=O) groups excluding carboxylic acids is 2. The van der Waals surface area contributed by atoms with Gasteiger partial charge in [0, 0.05) is 12.8 Å². The van der Waals surface area contributed by atoms with Gasteiger partial charge in [-0.3, -0.25) is 9.59 Å². The number of nitrogens with zero attached hydrogens (tertiary/aromatic N) is 2. The van der Waals surface area contributed by atoms with Crippen LogP contribution in [-0.2, 0) is 14.4 Å². The van der Waals surface area contributed by atoms with Crippen LogP contribution < -0.4 is 0 Å². The molecule has 1 saturated carbocycles. The van der Waals surface area contributed by atoms with Gasteiger partial charge in [-0.25, -0.2) is 0 Å². The number of oxime groups is 2. The summed E-state index contributed by atoms with van der Waals surface area (Å²) in [6.45, 7) is 1.66. The van der Waals surface area contributed by atoms with Gasteiger partial charge in [-0.05, 0) is 19.8 Å². The number of hydrogen-bond donors (Lipinski definition) is 1. The van der Waals surface area contributed by atoms with Crippen molar-refractivity contribution in [3.05, 3.63) is 0 Å². The van der Waals surface area contributed by atoms with Crippen molar-refractivity contribution in [3.63, 3.8) is 0 Å². The Morgan fingerprint density at radius 3 is 2.12 bits per heavy atom. The molecule has 0 aliphatic heterocycles. The fraction of sp³-hybridized carbons (Fsp3) is 0.600. The van der Waals surface area contributed by atoms with Gasteiger partial charge in [0.05, 0.1) is 11.9 Å². The molecule has 1 aliphatic rings. The van der Waals surface area contributed by atoms with Gasteiger partial charge in [-0.15, -0.1) is 0 Å². The molecule has 0 spiro atoms. The Hall–Kier alpha value is -1.72. The summed E-state index contributed by atoms with van der Waals surface area (Å²) in [5, 5.41) is 14.0. The molecule has 0 aromatic carbocycles. The average molecular weight is 228 g/mol. The topological polar surface area (TPSA) is 88.3 Å². The number of rotatable bonds is 2. The SMILES string of the molecule is CON=C(C)C=NO.O=C1CCCCC1=O. The largest absolute Gasteiger partial charge is 0.411 e. The zero-order valence-electron chi connectivity index (χ0n) is 9.47. The minimum Gasteiger partial charge on any atom is -0.411 e. The Balaban J connectivity index is 0.000000281. The molecular weight excluding hydrogens is 212 g/mol. The van der Waals surface area contributed by atoms with Gasteiger partial charge < -0.3 is 10.0 Å². The Kier molecular flexibility index (Phi) is 7.66. The molecule has 1 aliphatic carbocycles. The summed E-state index contributed by atoms with van der Waals surface area (Å²) in [6.07, 6.45) is 3.97. The van der Waals surface area contributed by atoms with Crippen LogP contribution >= 0.6 is 0 Å². The molecule has 0 aromatic rings. The van der Waals surface area contributed by atoms with Crippen LogP contribution in [0.2, 0.25) is 0 Å². The monoisotopic (exact) mass is 228 g/mol. The molecule has 0 atom stereocenters. The molecule has 16 heavy (non-hydrogen) atoms. The second-order valence-corrected chi connectivity index (χ2v) is 3.21. The van der Waals surface area contributed by atoms with Crippen molar-refractivity contribution in [1.82, 2.24) is 0 Å². The van der Waals surface area contributed by atoms with Crippen molar-refractivity contribution < 1.29 is 19.6 Å². The number of Topliss-reactive ketones (excluding diaryl/α,β-unsaturated/α-hetero) is 2. The van der Waals surface area contributed by atoms with Gasteiger partial charge in [0.15, 0.2) is 11.6 Å². The van der Waals surface area contributed by atoms with Gasteiger partial charge >= 0.3 is 0 Å². The maximum absolute atomic E-state index is 10.4. The third-order valence-electron chi connectivity index (χ3n) is 1.85. The highest BCUT2D eigenvalue weighted by atomic mass is 16.6. The van der Waals surface area contributed by atoms with Crippen molar-refractivity contribution >= 4 is 23.5 Å². The van der Waals surface area contributed by atoms with Crippen LogP contribution in [0.15, 0.2) is 10.3 Å². The molecular formula is C10H16N2O4.